The Kier molecular flexibility index (Phi) is 4.98. The van der Waals surface area contributed by atoms with Crippen LogP contribution in [0.25, 0.3) is 0 Å². The number of carbonyl (C=O) groups is 2. The molecule has 5 fully saturated rings. The number of thioether (sulfide) groups is 1. The van der Waals surface area contributed by atoms with Crippen molar-refractivity contribution in [3.05, 3.63) is 0 Å². The standard InChI is InChI=1S/C24H37NO2S/c1-23-8-5-17(28-18-7-10-25-13-18)12-16(23)11-15(14-26)22-19-3-4-21(27)24(19,2)9-6-20(22)23/h14-20,22,25H,3-13H2,1-2H3/t15?,16?,17-,18-,19+,20+,22+,23+,24+/m1/s1. The third kappa shape index (κ3) is 2.87. The summed E-state index contributed by atoms with van der Waals surface area (Å²) in [4.78, 5) is 24.9. The summed E-state index contributed by atoms with van der Waals surface area (Å²) in [5, 5.41) is 5.10. The van der Waals surface area contributed by atoms with Crippen molar-refractivity contribution in [1.29, 1.82) is 0 Å². The van der Waals surface area contributed by atoms with Gasteiger partial charge >= 0.3 is 0 Å². The van der Waals surface area contributed by atoms with Crippen LogP contribution in [0.4, 0.5) is 0 Å². The molecule has 0 radical (unpaired) electrons. The van der Waals surface area contributed by atoms with Crippen molar-refractivity contribution in [3.8, 4) is 0 Å². The van der Waals surface area contributed by atoms with Crippen LogP contribution >= 0.6 is 11.8 Å². The predicted octanol–water partition coefficient (Wildman–Crippen LogP) is 4.49. The van der Waals surface area contributed by atoms with Gasteiger partial charge < -0.3 is 10.1 Å². The van der Waals surface area contributed by atoms with E-state index in [-0.39, 0.29) is 11.3 Å². The molecule has 156 valence electrons. The van der Waals surface area contributed by atoms with E-state index in [0.717, 1.165) is 36.2 Å². The van der Waals surface area contributed by atoms with Crippen LogP contribution in [0, 0.1) is 40.4 Å². The molecule has 3 nitrogen and oxygen atoms in total. The van der Waals surface area contributed by atoms with Crippen LogP contribution in [-0.2, 0) is 9.59 Å². The maximum atomic E-state index is 12.7. The number of nitrogens with one attached hydrogen (secondary N) is 1. The zero-order chi connectivity index (χ0) is 19.5. The lowest BCUT2D eigenvalue weighted by atomic mass is 9.43. The number of hydrogen-bond acceptors (Lipinski definition) is 4. The molecular formula is C24H37NO2S. The molecule has 0 aromatic rings. The Labute approximate surface area is 174 Å². The molecular weight excluding hydrogens is 366 g/mol. The largest absolute Gasteiger partial charge is 0.316 e. The first kappa shape index (κ1) is 19.6. The van der Waals surface area contributed by atoms with Gasteiger partial charge in [-0.3, -0.25) is 4.79 Å². The Bertz CT molecular complexity index is 647. The van der Waals surface area contributed by atoms with Gasteiger partial charge in [0, 0.05) is 34.8 Å². The first-order valence-corrected chi connectivity index (χ1v) is 12.7. The Balaban J connectivity index is 1.37. The van der Waals surface area contributed by atoms with E-state index in [1.807, 2.05) is 0 Å². The van der Waals surface area contributed by atoms with Gasteiger partial charge in [-0.05, 0) is 87.0 Å². The summed E-state index contributed by atoms with van der Waals surface area (Å²) < 4.78 is 0. The average Bonchev–Trinajstić information content (AvgIpc) is 3.30. The summed E-state index contributed by atoms with van der Waals surface area (Å²) in [6.45, 7) is 7.15. The van der Waals surface area contributed by atoms with Crippen LogP contribution in [0.15, 0.2) is 0 Å². The predicted molar refractivity (Wildman–Crippen MR) is 114 cm³/mol. The van der Waals surface area contributed by atoms with E-state index in [2.05, 4.69) is 30.9 Å². The quantitative estimate of drug-likeness (QED) is 0.706. The highest BCUT2D eigenvalue weighted by Crippen LogP contribution is 2.67. The lowest BCUT2D eigenvalue weighted by molar-refractivity contribution is -0.152. The van der Waals surface area contributed by atoms with Crippen molar-refractivity contribution in [1.82, 2.24) is 5.32 Å². The molecule has 28 heavy (non-hydrogen) atoms. The number of ketones is 1. The lowest BCUT2D eigenvalue weighted by Gasteiger charge is -2.62. The van der Waals surface area contributed by atoms with Gasteiger partial charge in [0.1, 0.15) is 12.1 Å². The summed E-state index contributed by atoms with van der Waals surface area (Å²) in [6.07, 6.45) is 11.7. The Morgan fingerprint density at radius 3 is 2.64 bits per heavy atom. The molecule has 9 atom stereocenters. The third-order valence-electron chi connectivity index (χ3n) is 10.00. The smallest absolute Gasteiger partial charge is 0.139 e. The fraction of sp³-hybridized carbons (Fsp3) is 0.917. The van der Waals surface area contributed by atoms with Crippen LogP contribution < -0.4 is 5.32 Å². The molecule has 2 unspecified atom stereocenters. The summed E-state index contributed by atoms with van der Waals surface area (Å²) in [6, 6.07) is 0. The molecule has 1 N–H and O–H groups in total. The van der Waals surface area contributed by atoms with Crippen molar-refractivity contribution in [2.45, 2.75) is 82.1 Å². The van der Waals surface area contributed by atoms with Crippen LogP contribution in [-0.4, -0.2) is 35.7 Å². The normalized spacial score (nSPS) is 53.4. The van der Waals surface area contributed by atoms with Crippen molar-refractivity contribution in [2.75, 3.05) is 13.1 Å². The Hall–Kier alpha value is -0.350. The molecule has 5 aliphatic rings. The zero-order valence-electron chi connectivity index (χ0n) is 17.6. The van der Waals surface area contributed by atoms with E-state index in [1.54, 1.807) is 0 Å². The SMILES string of the molecule is C[C@]12CC[C@@H](S[C@@H]3CCNC3)CC1CC(C=O)[C@@H]1[C@@H]2CC[C@]2(C)C(=O)CC[C@@H]12. The summed E-state index contributed by atoms with van der Waals surface area (Å²) in [5.74, 6) is 2.96. The minimum atomic E-state index is -0.131. The van der Waals surface area contributed by atoms with Gasteiger partial charge in [0.25, 0.3) is 0 Å². The van der Waals surface area contributed by atoms with Gasteiger partial charge in [0.15, 0.2) is 0 Å². The highest BCUT2D eigenvalue weighted by atomic mass is 32.2. The first-order chi connectivity index (χ1) is 13.5. The fourth-order valence-electron chi connectivity index (χ4n) is 8.34. The molecule has 4 saturated carbocycles. The number of rotatable bonds is 3. The molecule has 5 rings (SSSR count). The third-order valence-corrected chi connectivity index (χ3v) is 11.6. The molecule has 0 aromatic heterocycles. The van der Waals surface area contributed by atoms with Crippen molar-refractivity contribution in [2.24, 2.45) is 40.4 Å². The highest BCUT2D eigenvalue weighted by Gasteiger charge is 2.62. The number of Topliss-reactive ketones (excluding diaryl/α,β-unsaturated/α-hetero) is 1. The second kappa shape index (κ2) is 7.11. The van der Waals surface area contributed by atoms with Crippen molar-refractivity contribution >= 4 is 23.8 Å². The Morgan fingerprint density at radius 2 is 1.89 bits per heavy atom. The van der Waals surface area contributed by atoms with E-state index >= 15 is 0 Å². The first-order valence-electron chi connectivity index (χ1n) is 11.8. The number of fused-ring (bicyclic) bond motifs is 5. The van der Waals surface area contributed by atoms with Gasteiger partial charge in [-0.25, -0.2) is 0 Å². The molecule has 4 heteroatoms. The molecule has 1 heterocycles. The van der Waals surface area contributed by atoms with Gasteiger partial charge in [-0.2, -0.15) is 11.8 Å². The number of hydrogen-bond donors (Lipinski definition) is 1. The summed E-state index contributed by atoms with van der Waals surface area (Å²) >= 11 is 2.24. The topological polar surface area (TPSA) is 46.2 Å². The molecule has 0 aromatic carbocycles. The summed E-state index contributed by atoms with van der Waals surface area (Å²) in [5.41, 5.74) is 0.260. The minimum Gasteiger partial charge on any atom is -0.316 e. The highest BCUT2D eigenvalue weighted by molar-refractivity contribution is 8.00. The zero-order valence-corrected chi connectivity index (χ0v) is 18.4. The second-order valence-electron chi connectivity index (χ2n) is 11.1. The van der Waals surface area contributed by atoms with Crippen molar-refractivity contribution < 1.29 is 9.59 Å². The Morgan fingerprint density at radius 1 is 1.04 bits per heavy atom. The number of aldehydes is 1. The molecule has 1 saturated heterocycles. The lowest BCUT2D eigenvalue weighted by Crippen LogP contribution is -2.57. The van der Waals surface area contributed by atoms with Crippen LogP contribution in [0.2, 0.25) is 0 Å². The molecule has 1 aliphatic heterocycles. The molecule has 0 bridgehead atoms. The van der Waals surface area contributed by atoms with E-state index in [4.69, 9.17) is 0 Å². The van der Waals surface area contributed by atoms with Crippen LogP contribution in [0.1, 0.15) is 71.6 Å². The van der Waals surface area contributed by atoms with Crippen LogP contribution in [0.5, 0.6) is 0 Å². The average molecular weight is 404 g/mol. The monoisotopic (exact) mass is 403 g/mol. The summed E-state index contributed by atoms with van der Waals surface area (Å²) in [7, 11) is 0. The minimum absolute atomic E-state index is 0.131. The second-order valence-corrected chi connectivity index (χ2v) is 12.7. The molecule has 4 aliphatic carbocycles. The molecule has 0 amide bonds. The van der Waals surface area contributed by atoms with Gasteiger partial charge in [0.2, 0.25) is 0 Å². The van der Waals surface area contributed by atoms with E-state index in [0.29, 0.717) is 34.9 Å². The van der Waals surface area contributed by atoms with Crippen molar-refractivity contribution in [3.63, 3.8) is 0 Å². The van der Waals surface area contributed by atoms with Gasteiger partial charge in [-0.15, -0.1) is 0 Å². The van der Waals surface area contributed by atoms with E-state index in [1.165, 1.54) is 51.5 Å². The van der Waals surface area contributed by atoms with E-state index < -0.39 is 0 Å². The van der Waals surface area contributed by atoms with Gasteiger partial charge in [-0.1, -0.05) is 13.8 Å². The van der Waals surface area contributed by atoms with Crippen LogP contribution in [0.3, 0.4) is 0 Å². The maximum absolute atomic E-state index is 12.7. The van der Waals surface area contributed by atoms with Gasteiger partial charge in [0.05, 0.1) is 0 Å². The number of carbonyl (C=O) groups excluding carboxylic acids is 2. The fourth-order valence-corrected chi connectivity index (χ4v) is 9.95. The van der Waals surface area contributed by atoms with E-state index in [9.17, 15) is 9.59 Å². The molecule has 0 spiro atoms. The maximum Gasteiger partial charge on any atom is 0.139 e.